The Labute approximate surface area is 114 Å². The first-order valence-corrected chi connectivity index (χ1v) is 7.81. The molecule has 0 spiro atoms. The number of nitrogens with one attached hydrogen (secondary N) is 1. The normalized spacial score (nSPS) is 20.6. The molecule has 0 radical (unpaired) electrons. The van der Waals surface area contributed by atoms with Gasteiger partial charge in [-0.05, 0) is 44.9 Å². The van der Waals surface area contributed by atoms with Crippen molar-refractivity contribution in [2.75, 3.05) is 26.0 Å². The average Bonchev–Trinajstić information content (AvgIpc) is 2.40. The third kappa shape index (κ3) is 4.44. The smallest absolute Gasteiger partial charge is 0.323 e. The number of thioether (sulfide) groups is 1. The zero-order valence-corrected chi connectivity index (χ0v) is 12.2. The minimum absolute atomic E-state index is 0.626. The molecule has 0 aromatic carbocycles. The third-order valence-corrected chi connectivity index (χ3v) is 5.23. The first-order valence-electron chi connectivity index (χ1n) is 6.76. The molecule has 0 aromatic rings. The molecule has 1 aliphatic heterocycles. The van der Waals surface area contributed by atoms with E-state index in [1.165, 1.54) is 0 Å². The minimum atomic E-state index is -0.740. The molecule has 0 bridgehead atoms. The summed E-state index contributed by atoms with van der Waals surface area (Å²) in [6, 6.07) is 0. The first-order chi connectivity index (χ1) is 8.64. The first kappa shape index (κ1) is 15.8. The van der Waals surface area contributed by atoms with Gasteiger partial charge in [-0.2, -0.15) is 11.8 Å². The fourth-order valence-electron chi connectivity index (χ4n) is 2.31. The molecule has 18 heavy (non-hydrogen) atoms. The molecular weight excluding hydrogens is 250 g/mol. The maximum absolute atomic E-state index is 11.3. The molecule has 2 N–H and O–H groups in total. The van der Waals surface area contributed by atoms with Gasteiger partial charge in [-0.1, -0.05) is 6.92 Å². The van der Waals surface area contributed by atoms with Crippen molar-refractivity contribution in [1.82, 2.24) is 5.32 Å². The van der Waals surface area contributed by atoms with Gasteiger partial charge in [0, 0.05) is 18.5 Å². The monoisotopic (exact) mass is 275 g/mol. The van der Waals surface area contributed by atoms with Crippen LogP contribution in [0.3, 0.4) is 0 Å². The highest BCUT2D eigenvalue weighted by Crippen LogP contribution is 2.25. The van der Waals surface area contributed by atoms with Crippen LogP contribution in [0.1, 0.15) is 39.0 Å². The van der Waals surface area contributed by atoms with Crippen molar-refractivity contribution < 1.29 is 14.6 Å². The lowest BCUT2D eigenvalue weighted by Crippen LogP contribution is -2.49. The Morgan fingerprint density at radius 2 is 2.17 bits per heavy atom. The van der Waals surface area contributed by atoms with E-state index >= 15 is 0 Å². The quantitative estimate of drug-likeness (QED) is 0.665. The van der Waals surface area contributed by atoms with Crippen LogP contribution in [0.25, 0.3) is 0 Å². The van der Waals surface area contributed by atoms with Crippen molar-refractivity contribution in [3.8, 4) is 0 Å². The molecule has 0 aromatic heterocycles. The number of hydrogen-bond acceptors (Lipinski definition) is 4. The van der Waals surface area contributed by atoms with E-state index in [1.54, 1.807) is 7.05 Å². The highest BCUT2D eigenvalue weighted by atomic mass is 32.2. The van der Waals surface area contributed by atoms with Crippen molar-refractivity contribution in [2.45, 2.75) is 49.8 Å². The summed E-state index contributed by atoms with van der Waals surface area (Å²) in [6.45, 7) is 3.68. The molecule has 1 saturated heterocycles. The third-order valence-electron chi connectivity index (χ3n) is 3.76. The number of ether oxygens (including phenoxy) is 1. The number of aliphatic carboxylic acids is 1. The van der Waals surface area contributed by atoms with Crippen LogP contribution in [0.5, 0.6) is 0 Å². The predicted octanol–water partition coefficient (Wildman–Crippen LogP) is 2.13. The summed E-state index contributed by atoms with van der Waals surface area (Å²) >= 11 is 1.97. The van der Waals surface area contributed by atoms with E-state index in [-0.39, 0.29) is 0 Å². The SMILES string of the molecule is CCC(CCCSC1CCOCC1)(NC)C(=O)O. The maximum atomic E-state index is 11.3. The summed E-state index contributed by atoms with van der Waals surface area (Å²) in [6.07, 6.45) is 4.54. The van der Waals surface area contributed by atoms with Gasteiger partial charge in [-0.15, -0.1) is 0 Å². The molecule has 0 amide bonds. The van der Waals surface area contributed by atoms with E-state index in [4.69, 9.17) is 4.74 Å². The Hall–Kier alpha value is -0.260. The number of hydrogen-bond donors (Lipinski definition) is 2. The van der Waals surface area contributed by atoms with Gasteiger partial charge in [0.25, 0.3) is 0 Å². The maximum Gasteiger partial charge on any atom is 0.323 e. The lowest BCUT2D eigenvalue weighted by atomic mass is 9.91. The highest BCUT2D eigenvalue weighted by Gasteiger charge is 2.34. The second-order valence-electron chi connectivity index (χ2n) is 4.78. The minimum Gasteiger partial charge on any atom is -0.480 e. The van der Waals surface area contributed by atoms with Crippen LogP contribution in [0.2, 0.25) is 0 Å². The largest absolute Gasteiger partial charge is 0.480 e. The fraction of sp³-hybridized carbons (Fsp3) is 0.923. The van der Waals surface area contributed by atoms with E-state index in [2.05, 4.69) is 5.32 Å². The summed E-state index contributed by atoms with van der Waals surface area (Å²) in [4.78, 5) is 11.3. The zero-order valence-electron chi connectivity index (χ0n) is 11.4. The zero-order chi connectivity index (χ0) is 13.4. The topological polar surface area (TPSA) is 58.6 Å². The van der Waals surface area contributed by atoms with E-state index in [0.717, 1.165) is 38.2 Å². The van der Waals surface area contributed by atoms with Gasteiger partial charge in [0.05, 0.1) is 0 Å². The van der Waals surface area contributed by atoms with E-state index in [1.807, 2.05) is 18.7 Å². The van der Waals surface area contributed by atoms with Crippen LogP contribution in [-0.4, -0.2) is 47.9 Å². The summed E-state index contributed by atoms with van der Waals surface area (Å²) in [7, 11) is 1.74. The summed E-state index contributed by atoms with van der Waals surface area (Å²) in [5.74, 6) is 0.310. The molecule has 0 aliphatic carbocycles. The molecule has 0 saturated carbocycles. The van der Waals surface area contributed by atoms with Crippen LogP contribution in [-0.2, 0) is 9.53 Å². The van der Waals surface area contributed by atoms with Gasteiger partial charge < -0.3 is 15.2 Å². The van der Waals surface area contributed by atoms with E-state index in [0.29, 0.717) is 18.1 Å². The molecule has 1 fully saturated rings. The van der Waals surface area contributed by atoms with Crippen molar-refractivity contribution in [1.29, 1.82) is 0 Å². The lowest BCUT2D eigenvalue weighted by molar-refractivity contribution is -0.145. The number of rotatable bonds is 8. The summed E-state index contributed by atoms with van der Waals surface area (Å²) in [5, 5.41) is 13.0. The molecule has 1 atom stereocenters. The molecule has 106 valence electrons. The Balaban J connectivity index is 2.24. The van der Waals surface area contributed by atoms with E-state index < -0.39 is 11.5 Å². The Morgan fingerprint density at radius 1 is 1.50 bits per heavy atom. The van der Waals surface area contributed by atoms with Gasteiger partial charge in [0.15, 0.2) is 0 Å². The van der Waals surface area contributed by atoms with Crippen molar-refractivity contribution in [2.24, 2.45) is 0 Å². The Kier molecular flexibility index (Phi) is 7.04. The molecule has 1 aliphatic rings. The molecule has 4 nitrogen and oxygen atoms in total. The van der Waals surface area contributed by atoms with Crippen LogP contribution in [0.15, 0.2) is 0 Å². The van der Waals surface area contributed by atoms with Gasteiger partial charge in [-0.25, -0.2) is 0 Å². The van der Waals surface area contributed by atoms with E-state index in [9.17, 15) is 9.90 Å². The molecular formula is C13H25NO3S. The van der Waals surface area contributed by atoms with Gasteiger partial charge >= 0.3 is 5.97 Å². The predicted molar refractivity (Wildman–Crippen MR) is 75.3 cm³/mol. The van der Waals surface area contributed by atoms with Gasteiger partial charge in [-0.3, -0.25) is 4.79 Å². The average molecular weight is 275 g/mol. The van der Waals surface area contributed by atoms with Crippen LogP contribution >= 0.6 is 11.8 Å². The van der Waals surface area contributed by atoms with Crippen molar-refractivity contribution in [3.05, 3.63) is 0 Å². The number of carboxylic acid groups (broad SMARTS) is 1. The number of carboxylic acids is 1. The van der Waals surface area contributed by atoms with Crippen molar-refractivity contribution in [3.63, 3.8) is 0 Å². The molecule has 1 rings (SSSR count). The van der Waals surface area contributed by atoms with Gasteiger partial charge in [0.2, 0.25) is 0 Å². The summed E-state index contributed by atoms with van der Waals surface area (Å²) < 4.78 is 5.33. The van der Waals surface area contributed by atoms with Crippen LogP contribution in [0.4, 0.5) is 0 Å². The van der Waals surface area contributed by atoms with Crippen molar-refractivity contribution >= 4 is 17.7 Å². The molecule has 5 heteroatoms. The lowest BCUT2D eigenvalue weighted by Gasteiger charge is -2.28. The van der Waals surface area contributed by atoms with Crippen LogP contribution < -0.4 is 5.32 Å². The Bertz CT molecular complexity index is 251. The highest BCUT2D eigenvalue weighted by molar-refractivity contribution is 7.99. The van der Waals surface area contributed by atoms with Gasteiger partial charge in [0.1, 0.15) is 5.54 Å². The second-order valence-corrected chi connectivity index (χ2v) is 6.19. The number of carbonyl (C=O) groups is 1. The standard InChI is InChI=1S/C13H25NO3S/c1-3-13(14-2,12(15)16)7-4-10-18-11-5-8-17-9-6-11/h11,14H,3-10H2,1-2H3,(H,15,16). The number of likely N-dealkylation sites (N-methyl/N-ethyl adjacent to an activating group) is 1. The summed E-state index contributed by atoms with van der Waals surface area (Å²) in [5.41, 5.74) is -0.740. The fourth-order valence-corrected chi connectivity index (χ4v) is 3.48. The van der Waals surface area contributed by atoms with Crippen LogP contribution in [0, 0.1) is 0 Å². The Morgan fingerprint density at radius 3 is 2.67 bits per heavy atom. The molecule has 1 heterocycles. The second kappa shape index (κ2) is 8.02. The molecule has 1 unspecified atom stereocenters.